The van der Waals surface area contributed by atoms with Gasteiger partial charge in [-0.15, -0.1) is 13.2 Å². The Balaban J connectivity index is 3.24. The first-order valence-corrected chi connectivity index (χ1v) is 4.66. The van der Waals surface area contributed by atoms with Gasteiger partial charge in [0.25, 0.3) is 0 Å². The van der Waals surface area contributed by atoms with Gasteiger partial charge >= 0.3 is 6.04 Å². The summed E-state index contributed by atoms with van der Waals surface area (Å²) in [7, 11) is 0. The fourth-order valence-electron chi connectivity index (χ4n) is 1.21. The first-order valence-electron chi connectivity index (χ1n) is 4.28. The molecule has 1 aromatic rings. The van der Waals surface area contributed by atoms with Crippen LogP contribution >= 0.6 is 11.6 Å². The Morgan fingerprint density at radius 3 is 2.67 bits per heavy atom. The molecule has 1 rings (SSSR count). The van der Waals surface area contributed by atoms with Crippen molar-refractivity contribution in [3.05, 3.63) is 41.7 Å². The van der Waals surface area contributed by atoms with E-state index in [1.54, 1.807) is 6.08 Å². The molecule has 0 bridgehead atoms. The van der Waals surface area contributed by atoms with Crippen LogP contribution in [0.15, 0.2) is 25.3 Å². The van der Waals surface area contributed by atoms with Gasteiger partial charge in [0.15, 0.2) is 0 Å². The Hall–Kier alpha value is -1.42. The van der Waals surface area contributed by atoms with E-state index in [0.29, 0.717) is 18.7 Å². The van der Waals surface area contributed by atoms with E-state index in [9.17, 15) is 9.18 Å². The van der Waals surface area contributed by atoms with Crippen LogP contribution in [-0.4, -0.2) is 15.8 Å². The number of carbonyl (C=O) groups is 1. The number of aromatic nitrogens is 2. The van der Waals surface area contributed by atoms with Crippen LogP contribution in [0.4, 0.5) is 4.39 Å². The lowest BCUT2D eigenvalue weighted by Crippen LogP contribution is -1.97. The van der Waals surface area contributed by atoms with Crippen molar-refractivity contribution in [2.45, 2.75) is 13.0 Å². The summed E-state index contributed by atoms with van der Waals surface area (Å²) in [4.78, 5) is 10.7. The molecular formula is C10H10ClFN2O. The molecule has 1 aromatic heterocycles. The zero-order valence-corrected chi connectivity index (χ0v) is 8.80. The second kappa shape index (κ2) is 4.89. The minimum absolute atomic E-state index is 0.000694. The summed E-state index contributed by atoms with van der Waals surface area (Å²) in [5.41, 5.74) is 0.114. The third kappa shape index (κ3) is 2.33. The summed E-state index contributed by atoms with van der Waals surface area (Å²) < 4.78 is 14.0. The van der Waals surface area contributed by atoms with Crippen molar-refractivity contribution in [3.8, 4) is 0 Å². The number of carbonyl (C=O) groups excluding carboxylic acids is 1. The molecular weight excluding hydrogens is 219 g/mol. The quantitative estimate of drug-likeness (QED) is 0.574. The lowest BCUT2D eigenvalue weighted by atomic mass is 10.2. The van der Waals surface area contributed by atoms with E-state index in [1.165, 1.54) is 10.8 Å². The van der Waals surface area contributed by atoms with Gasteiger partial charge in [-0.1, -0.05) is 23.8 Å². The van der Waals surface area contributed by atoms with Crippen molar-refractivity contribution in [2.24, 2.45) is 0 Å². The summed E-state index contributed by atoms with van der Waals surface area (Å²) in [6.07, 6.45) is 3.39. The highest BCUT2D eigenvalue weighted by Gasteiger charge is 2.21. The van der Waals surface area contributed by atoms with Gasteiger partial charge < -0.3 is 0 Å². The van der Waals surface area contributed by atoms with E-state index >= 15 is 0 Å². The molecule has 5 heteroatoms. The number of hydrogen-bond donors (Lipinski definition) is 0. The van der Waals surface area contributed by atoms with Crippen molar-refractivity contribution in [1.82, 2.24) is 9.78 Å². The monoisotopic (exact) mass is 228 g/mol. The molecule has 0 aliphatic heterocycles. The van der Waals surface area contributed by atoms with Crippen LogP contribution in [0.5, 0.6) is 0 Å². The maximum absolute atomic E-state index is 12.7. The minimum atomic E-state index is -1.58. The van der Waals surface area contributed by atoms with Crippen LogP contribution in [0, 0.1) is 0 Å². The van der Waals surface area contributed by atoms with E-state index in [0.717, 1.165) is 0 Å². The smallest absolute Gasteiger partial charge is 0.255 e. The number of rotatable bonds is 5. The third-order valence-corrected chi connectivity index (χ3v) is 2.18. The zero-order valence-electron chi connectivity index (χ0n) is 8.04. The molecule has 0 atom stereocenters. The van der Waals surface area contributed by atoms with Crippen LogP contribution in [-0.2, 0) is 13.0 Å². The molecule has 15 heavy (non-hydrogen) atoms. The second-order valence-corrected chi connectivity index (χ2v) is 3.21. The average molecular weight is 229 g/mol. The van der Waals surface area contributed by atoms with E-state index in [-0.39, 0.29) is 10.7 Å². The molecule has 0 saturated heterocycles. The molecule has 3 nitrogen and oxygen atoms in total. The standard InChI is InChI=1S/C10H10ClFN2O/c1-3-5-7-8(10(12)15)9(11)14(13-7)6-4-2/h3-4H,1-2,5-6H2. The van der Waals surface area contributed by atoms with Gasteiger partial charge in [-0.25, -0.2) is 4.68 Å². The fourth-order valence-corrected chi connectivity index (χ4v) is 1.50. The van der Waals surface area contributed by atoms with Crippen molar-refractivity contribution in [2.75, 3.05) is 0 Å². The second-order valence-electron chi connectivity index (χ2n) is 2.85. The summed E-state index contributed by atoms with van der Waals surface area (Å²) in [6.45, 7) is 7.33. The Kier molecular flexibility index (Phi) is 3.80. The van der Waals surface area contributed by atoms with Gasteiger partial charge in [-0.2, -0.15) is 9.49 Å². The maximum Gasteiger partial charge on any atom is 0.337 e. The largest absolute Gasteiger partial charge is 0.337 e. The molecule has 0 unspecified atom stereocenters. The highest BCUT2D eigenvalue weighted by atomic mass is 35.5. The molecule has 0 N–H and O–H groups in total. The number of hydrogen-bond acceptors (Lipinski definition) is 2. The van der Waals surface area contributed by atoms with Gasteiger partial charge in [0.2, 0.25) is 0 Å². The number of halogens is 2. The molecule has 0 amide bonds. The minimum Gasteiger partial charge on any atom is -0.255 e. The van der Waals surface area contributed by atoms with E-state index < -0.39 is 6.04 Å². The molecule has 0 aliphatic carbocycles. The summed E-state index contributed by atoms with van der Waals surface area (Å²) in [6, 6.07) is -1.58. The molecule has 0 aromatic carbocycles. The topological polar surface area (TPSA) is 34.9 Å². The highest BCUT2D eigenvalue weighted by Crippen LogP contribution is 2.22. The first kappa shape index (κ1) is 11.7. The molecule has 0 radical (unpaired) electrons. The van der Waals surface area contributed by atoms with Crippen molar-refractivity contribution in [1.29, 1.82) is 0 Å². The van der Waals surface area contributed by atoms with Gasteiger partial charge in [0.05, 0.1) is 12.2 Å². The van der Waals surface area contributed by atoms with Crippen molar-refractivity contribution < 1.29 is 9.18 Å². The Morgan fingerprint density at radius 2 is 2.20 bits per heavy atom. The summed E-state index contributed by atoms with van der Waals surface area (Å²) >= 11 is 5.80. The summed E-state index contributed by atoms with van der Waals surface area (Å²) in [5, 5.41) is 3.99. The van der Waals surface area contributed by atoms with Crippen LogP contribution in [0.25, 0.3) is 0 Å². The van der Waals surface area contributed by atoms with Crippen LogP contribution in [0.2, 0.25) is 5.15 Å². The fraction of sp³-hybridized carbons (Fsp3) is 0.200. The Labute approximate surface area is 91.8 Å². The predicted molar refractivity (Wildman–Crippen MR) is 56.8 cm³/mol. The lowest BCUT2D eigenvalue weighted by Gasteiger charge is -1.95. The average Bonchev–Trinajstić information content (AvgIpc) is 2.45. The molecule has 0 spiro atoms. The normalized spacial score (nSPS) is 10.0. The van der Waals surface area contributed by atoms with Gasteiger partial charge in [-0.05, 0) is 0 Å². The van der Waals surface area contributed by atoms with Crippen LogP contribution < -0.4 is 0 Å². The predicted octanol–water partition coefficient (Wildman–Crippen LogP) is 2.56. The van der Waals surface area contributed by atoms with Crippen LogP contribution in [0.3, 0.4) is 0 Å². The molecule has 0 saturated carbocycles. The molecule has 1 heterocycles. The maximum atomic E-state index is 12.7. The van der Waals surface area contributed by atoms with Gasteiger partial charge in [-0.3, -0.25) is 4.79 Å². The molecule has 80 valence electrons. The lowest BCUT2D eigenvalue weighted by molar-refractivity contribution is 0.0835. The number of allylic oxidation sites excluding steroid dienone is 2. The number of nitrogens with zero attached hydrogens (tertiary/aromatic N) is 2. The van der Waals surface area contributed by atoms with Crippen molar-refractivity contribution >= 4 is 17.6 Å². The summed E-state index contributed by atoms with van der Waals surface area (Å²) in [5.74, 6) is 0. The van der Waals surface area contributed by atoms with E-state index in [2.05, 4.69) is 18.3 Å². The van der Waals surface area contributed by atoms with Gasteiger partial charge in [0.1, 0.15) is 10.7 Å². The van der Waals surface area contributed by atoms with E-state index in [4.69, 9.17) is 11.6 Å². The molecule has 0 aliphatic rings. The molecule has 0 fully saturated rings. The van der Waals surface area contributed by atoms with E-state index in [1.807, 2.05) is 0 Å². The highest BCUT2D eigenvalue weighted by molar-refractivity contribution is 6.32. The van der Waals surface area contributed by atoms with Crippen molar-refractivity contribution in [3.63, 3.8) is 0 Å². The zero-order chi connectivity index (χ0) is 11.4. The Morgan fingerprint density at radius 1 is 1.53 bits per heavy atom. The Bertz CT molecular complexity index is 412. The first-order chi connectivity index (χ1) is 7.11. The SMILES string of the molecule is C=CCc1nn(CC=C)c(Cl)c1C(=O)F. The van der Waals surface area contributed by atoms with Crippen LogP contribution in [0.1, 0.15) is 16.1 Å². The third-order valence-electron chi connectivity index (χ3n) is 1.80. The van der Waals surface area contributed by atoms with Gasteiger partial charge in [0, 0.05) is 6.42 Å².